The van der Waals surface area contributed by atoms with Crippen LogP contribution in [0.1, 0.15) is 27.2 Å². The smallest absolute Gasteiger partial charge is 0.0597 e. The first-order chi connectivity index (χ1) is 8.21. The van der Waals surface area contributed by atoms with Gasteiger partial charge in [-0.3, -0.25) is 9.80 Å². The van der Waals surface area contributed by atoms with Crippen molar-refractivity contribution in [3.8, 4) is 0 Å². The lowest BCUT2D eigenvalue weighted by Crippen LogP contribution is -2.55. The van der Waals surface area contributed by atoms with Crippen LogP contribution < -0.4 is 5.32 Å². The average Bonchev–Trinajstić information content (AvgIpc) is 2.34. The van der Waals surface area contributed by atoms with Crippen molar-refractivity contribution in [2.24, 2.45) is 0 Å². The van der Waals surface area contributed by atoms with Gasteiger partial charge in [-0.05, 0) is 26.4 Å². The summed E-state index contributed by atoms with van der Waals surface area (Å²) in [5.74, 6) is 0. The molecule has 0 aromatic rings. The van der Waals surface area contributed by atoms with Crippen LogP contribution in [-0.2, 0) is 0 Å². The highest BCUT2D eigenvalue weighted by Gasteiger charge is 2.23. The van der Waals surface area contributed by atoms with Gasteiger partial charge in [-0.1, -0.05) is 13.8 Å². The maximum Gasteiger partial charge on any atom is 0.0597 e. The van der Waals surface area contributed by atoms with Gasteiger partial charge in [0.05, 0.1) is 6.61 Å². The Hall–Kier alpha value is -0.160. The molecular weight excluding hydrogens is 214 g/mol. The highest BCUT2D eigenvalue weighted by molar-refractivity contribution is 4.81. The number of aliphatic hydroxyl groups excluding tert-OH is 1. The summed E-state index contributed by atoms with van der Waals surface area (Å²) >= 11 is 0. The first kappa shape index (κ1) is 14.9. The number of hydrogen-bond donors (Lipinski definition) is 2. The van der Waals surface area contributed by atoms with E-state index in [1.807, 2.05) is 0 Å². The minimum atomic E-state index is 0.232. The van der Waals surface area contributed by atoms with Crippen molar-refractivity contribution >= 4 is 0 Å². The van der Waals surface area contributed by atoms with E-state index in [0.717, 1.165) is 45.7 Å². The van der Waals surface area contributed by atoms with E-state index in [-0.39, 0.29) is 12.6 Å². The molecule has 0 saturated carbocycles. The lowest BCUT2D eigenvalue weighted by atomic mass is 10.1. The fraction of sp³-hybridized carbons (Fsp3) is 1.00. The van der Waals surface area contributed by atoms with Gasteiger partial charge in [0.1, 0.15) is 0 Å². The zero-order valence-electron chi connectivity index (χ0n) is 11.7. The molecule has 0 amide bonds. The molecule has 4 nitrogen and oxygen atoms in total. The van der Waals surface area contributed by atoms with Gasteiger partial charge in [-0.15, -0.1) is 0 Å². The molecule has 0 aliphatic carbocycles. The molecule has 102 valence electrons. The molecule has 1 rings (SSSR count). The minimum Gasteiger partial charge on any atom is -0.395 e. The Bertz CT molecular complexity index is 201. The summed E-state index contributed by atoms with van der Waals surface area (Å²) in [6.07, 6.45) is 1.12. The molecule has 2 atom stereocenters. The second-order valence-electron chi connectivity index (χ2n) is 5.07. The van der Waals surface area contributed by atoms with Crippen molar-refractivity contribution in [1.29, 1.82) is 0 Å². The standard InChI is InChI=1S/C13H29N3O/c1-4-6-14-13(11-17)10-15-7-8-16(5-2)12(3)9-15/h12-14,17H,4-11H2,1-3H3. The first-order valence-electron chi connectivity index (χ1n) is 7.01. The third kappa shape index (κ3) is 4.92. The van der Waals surface area contributed by atoms with Crippen LogP contribution in [0.25, 0.3) is 0 Å². The number of nitrogens with one attached hydrogen (secondary N) is 1. The molecule has 1 heterocycles. The molecule has 0 spiro atoms. The van der Waals surface area contributed by atoms with Crippen LogP contribution in [0.4, 0.5) is 0 Å². The third-order valence-electron chi connectivity index (χ3n) is 3.64. The quantitative estimate of drug-likeness (QED) is 0.678. The van der Waals surface area contributed by atoms with E-state index in [2.05, 4.69) is 35.9 Å². The van der Waals surface area contributed by atoms with Gasteiger partial charge >= 0.3 is 0 Å². The number of likely N-dealkylation sites (N-methyl/N-ethyl adjacent to an activating group) is 1. The lowest BCUT2D eigenvalue weighted by Gasteiger charge is -2.40. The van der Waals surface area contributed by atoms with Gasteiger partial charge in [0.2, 0.25) is 0 Å². The largest absolute Gasteiger partial charge is 0.395 e. The Labute approximate surface area is 106 Å². The van der Waals surface area contributed by atoms with E-state index in [9.17, 15) is 5.11 Å². The monoisotopic (exact) mass is 243 g/mol. The van der Waals surface area contributed by atoms with Gasteiger partial charge in [0, 0.05) is 38.3 Å². The van der Waals surface area contributed by atoms with Crippen LogP contribution in [0, 0.1) is 0 Å². The minimum absolute atomic E-state index is 0.232. The normalized spacial score (nSPS) is 25.1. The van der Waals surface area contributed by atoms with Crippen LogP contribution in [0.2, 0.25) is 0 Å². The Morgan fingerprint density at radius 1 is 1.35 bits per heavy atom. The zero-order chi connectivity index (χ0) is 12.7. The predicted molar refractivity (Wildman–Crippen MR) is 72.3 cm³/mol. The highest BCUT2D eigenvalue weighted by atomic mass is 16.3. The molecule has 1 aliphatic heterocycles. The first-order valence-corrected chi connectivity index (χ1v) is 7.01. The van der Waals surface area contributed by atoms with E-state index in [4.69, 9.17) is 0 Å². The number of nitrogens with zero attached hydrogens (tertiary/aromatic N) is 2. The fourth-order valence-electron chi connectivity index (χ4n) is 2.55. The summed E-state index contributed by atoms with van der Waals surface area (Å²) in [5.41, 5.74) is 0. The third-order valence-corrected chi connectivity index (χ3v) is 3.64. The SMILES string of the molecule is CCCNC(CO)CN1CCN(CC)C(C)C1. The molecule has 0 radical (unpaired) electrons. The molecule has 1 fully saturated rings. The molecule has 2 N–H and O–H groups in total. The van der Waals surface area contributed by atoms with Crippen LogP contribution >= 0.6 is 0 Å². The molecule has 2 unspecified atom stereocenters. The number of hydrogen-bond acceptors (Lipinski definition) is 4. The summed E-state index contributed by atoms with van der Waals surface area (Å²) in [4.78, 5) is 4.99. The molecule has 0 aromatic carbocycles. The Morgan fingerprint density at radius 2 is 2.12 bits per heavy atom. The van der Waals surface area contributed by atoms with Crippen molar-refractivity contribution in [3.63, 3.8) is 0 Å². The van der Waals surface area contributed by atoms with Gasteiger partial charge in [-0.25, -0.2) is 0 Å². The topological polar surface area (TPSA) is 38.7 Å². The lowest BCUT2D eigenvalue weighted by molar-refractivity contribution is 0.0740. The average molecular weight is 243 g/mol. The second-order valence-corrected chi connectivity index (χ2v) is 5.07. The zero-order valence-corrected chi connectivity index (χ0v) is 11.7. The van der Waals surface area contributed by atoms with Gasteiger partial charge in [-0.2, -0.15) is 0 Å². The summed E-state index contributed by atoms with van der Waals surface area (Å²) in [5, 5.41) is 12.7. The van der Waals surface area contributed by atoms with Gasteiger partial charge in [0.25, 0.3) is 0 Å². The fourth-order valence-corrected chi connectivity index (χ4v) is 2.55. The molecular formula is C13H29N3O. The number of piperazine rings is 1. The van der Waals surface area contributed by atoms with E-state index < -0.39 is 0 Å². The maximum absolute atomic E-state index is 9.35. The highest BCUT2D eigenvalue weighted by Crippen LogP contribution is 2.09. The number of aliphatic hydroxyl groups is 1. The van der Waals surface area contributed by atoms with Gasteiger partial charge in [0.15, 0.2) is 0 Å². The van der Waals surface area contributed by atoms with Crippen molar-refractivity contribution in [3.05, 3.63) is 0 Å². The summed E-state index contributed by atoms with van der Waals surface area (Å²) in [7, 11) is 0. The second kappa shape index (κ2) is 8.03. The maximum atomic E-state index is 9.35. The Kier molecular flexibility index (Phi) is 7.04. The van der Waals surface area contributed by atoms with Gasteiger partial charge < -0.3 is 10.4 Å². The van der Waals surface area contributed by atoms with Crippen LogP contribution in [0.15, 0.2) is 0 Å². The van der Waals surface area contributed by atoms with Crippen molar-refractivity contribution in [1.82, 2.24) is 15.1 Å². The predicted octanol–water partition coefficient (Wildman–Crippen LogP) is 0.373. The molecule has 0 bridgehead atoms. The Morgan fingerprint density at radius 3 is 2.65 bits per heavy atom. The van der Waals surface area contributed by atoms with Crippen molar-refractivity contribution < 1.29 is 5.11 Å². The van der Waals surface area contributed by atoms with Crippen molar-refractivity contribution in [2.45, 2.75) is 39.3 Å². The van der Waals surface area contributed by atoms with E-state index >= 15 is 0 Å². The molecule has 17 heavy (non-hydrogen) atoms. The number of rotatable bonds is 7. The van der Waals surface area contributed by atoms with Crippen LogP contribution in [0.3, 0.4) is 0 Å². The van der Waals surface area contributed by atoms with E-state index in [0.29, 0.717) is 6.04 Å². The molecule has 1 aliphatic rings. The van der Waals surface area contributed by atoms with E-state index in [1.165, 1.54) is 0 Å². The Balaban J connectivity index is 2.31. The molecule has 1 saturated heterocycles. The van der Waals surface area contributed by atoms with E-state index in [1.54, 1.807) is 0 Å². The summed E-state index contributed by atoms with van der Waals surface area (Å²) in [6.45, 7) is 13.4. The van der Waals surface area contributed by atoms with Crippen LogP contribution in [0.5, 0.6) is 0 Å². The van der Waals surface area contributed by atoms with Crippen LogP contribution in [-0.4, -0.2) is 72.9 Å². The van der Waals surface area contributed by atoms with Crippen molar-refractivity contribution in [2.75, 3.05) is 45.9 Å². The molecule has 4 heteroatoms. The summed E-state index contributed by atoms with van der Waals surface area (Å²) in [6, 6.07) is 0.870. The summed E-state index contributed by atoms with van der Waals surface area (Å²) < 4.78 is 0. The molecule has 0 aromatic heterocycles.